The van der Waals surface area contributed by atoms with Crippen LogP contribution in [0.25, 0.3) is 22.4 Å². The van der Waals surface area contributed by atoms with E-state index in [9.17, 15) is 4.79 Å². The van der Waals surface area contributed by atoms with Gasteiger partial charge in [0.05, 0.1) is 0 Å². The molecular formula is C18H16N6O2. The average molecular weight is 348 g/mol. The van der Waals surface area contributed by atoms with Crippen LogP contribution in [0.4, 0.5) is 4.79 Å². The SMILES string of the molecule is CN(Cc1ccccc1)C(=O)Oc1n[nH]c(-c2c[nH]c3ncccc23)n1. The minimum Gasteiger partial charge on any atom is -0.373 e. The first-order valence-corrected chi connectivity index (χ1v) is 8.02. The molecule has 4 rings (SSSR count). The fraction of sp³-hybridized carbons (Fsp3) is 0.111. The van der Waals surface area contributed by atoms with E-state index < -0.39 is 6.09 Å². The number of carbonyl (C=O) groups excluding carboxylic acids is 1. The number of aromatic nitrogens is 5. The highest BCUT2D eigenvalue weighted by Gasteiger charge is 2.17. The molecule has 4 aromatic rings. The molecule has 0 bridgehead atoms. The smallest absolute Gasteiger partial charge is 0.373 e. The van der Waals surface area contributed by atoms with Crippen LogP contribution in [0.1, 0.15) is 5.56 Å². The van der Waals surface area contributed by atoms with Crippen LogP contribution >= 0.6 is 0 Å². The predicted molar refractivity (Wildman–Crippen MR) is 95.4 cm³/mol. The van der Waals surface area contributed by atoms with Crippen molar-refractivity contribution in [3.63, 3.8) is 0 Å². The standard InChI is InChI=1S/C18H16N6O2/c1-24(11-12-6-3-2-4-7-12)18(25)26-17-21-16(22-23-17)14-10-20-15-13(14)8-5-9-19-15/h2-10H,11H2,1H3,(H,19,20)(H,21,22,23). The Morgan fingerprint density at radius 2 is 2.04 bits per heavy atom. The van der Waals surface area contributed by atoms with Gasteiger partial charge < -0.3 is 14.6 Å². The number of hydrogen-bond donors (Lipinski definition) is 2. The maximum Gasteiger partial charge on any atom is 0.417 e. The van der Waals surface area contributed by atoms with Crippen molar-refractivity contribution in [2.45, 2.75) is 6.54 Å². The molecule has 0 aliphatic rings. The van der Waals surface area contributed by atoms with Crippen LogP contribution < -0.4 is 4.74 Å². The molecule has 0 fully saturated rings. The second-order valence-corrected chi connectivity index (χ2v) is 5.78. The molecule has 0 aliphatic heterocycles. The third kappa shape index (κ3) is 3.12. The van der Waals surface area contributed by atoms with Gasteiger partial charge in [-0.15, -0.1) is 5.10 Å². The second kappa shape index (κ2) is 6.67. The van der Waals surface area contributed by atoms with Gasteiger partial charge in [0.1, 0.15) is 5.65 Å². The van der Waals surface area contributed by atoms with Crippen LogP contribution in [0, 0.1) is 0 Å². The first-order valence-electron chi connectivity index (χ1n) is 8.02. The van der Waals surface area contributed by atoms with Crippen molar-refractivity contribution in [1.82, 2.24) is 30.0 Å². The van der Waals surface area contributed by atoms with E-state index in [1.807, 2.05) is 42.5 Å². The lowest BCUT2D eigenvalue weighted by Crippen LogP contribution is -2.29. The highest BCUT2D eigenvalue weighted by molar-refractivity contribution is 5.91. The molecular weight excluding hydrogens is 332 g/mol. The third-order valence-corrected chi connectivity index (χ3v) is 3.92. The van der Waals surface area contributed by atoms with Crippen LogP contribution in [-0.2, 0) is 6.54 Å². The van der Waals surface area contributed by atoms with Gasteiger partial charge in [-0.05, 0) is 17.7 Å². The van der Waals surface area contributed by atoms with Gasteiger partial charge in [0, 0.05) is 36.9 Å². The number of H-pyrrole nitrogens is 2. The number of carbonyl (C=O) groups is 1. The van der Waals surface area contributed by atoms with Crippen molar-refractivity contribution in [1.29, 1.82) is 0 Å². The summed E-state index contributed by atoms with van der Waals surface area (Å²) in [6.45, 7) is 0.436. The van der Waals surface area contributed by atoms with Gasteiger partial charge in [0.15, 0.2) is 5.82 Å². The minimum absolute atomic E-state index is 0.0249. The Labute approximate surface area is 148 Å². The van der Waals surface area contributed by atoms with E-state index in [2.05, 4.69) is 25.1 Å². The first kappa shape index (κ1) is 15.8. The number of nitrogens with zero attached hydrogens (tertiary/aromatic N) is 4. The number of amides is 1. The number of rotatable bonds is 4. The van der Waals surface area contributed by atoms with Crippen molar-refractivity contribution in [2.75, 3.05) is 7.05 Å². The van der Waals surface area contributed by atoms with E-state index in [1.165, 1.54) is 4.90 Å². The zero-order valence-electron chi connectivity index (χ0n) is 14.0. The molecule has 8 nitrogen and oxygen atoms in total. The van der Waals surface area contributed by atoms with Crippen molar-refractivity contribution in [2.24, 2.45) is 0 Å². The lowest BCUT2D eigenvalue weighted by molar-refractivity contribution is 0.157. The Kier molecular flexibility index (Phi) is 4.06. The monoisotopic (exact) mass is 348 g/mol. The van der Waals surface area contributed by atoms with Crippen LogP contribution in [0.3, 0.4) is 0 Å². The van der Waals surface area contributed by atoms with E-state index in [1.54, 1.807) is 19.4 Å². The largest absolute Gasteiger partial charge is 0.417 e. The first-order chi connectivity index (χ1) is 12.7. The third-order valence-electron chi connectivity index (χ3n) is 3.92. The van der Waals surface area contributed by atoms with Crippen molar-refractivity contribution >= 4 is 17.1 Å². The van der Waals surface area contributed by atoms with Gasteiger partial charge in [0.2, 0.25) is 0 Å². The van der Waals surface area contributed by atoms with Crippen LogP contribution in [0.2, 0.25) is 0 Å². The van der Waals surface area contributed by atoms with Crippen LogP contribution in [0.5, 0.6) is 6.01 Å². The van der Waals surface area contributed by atoms with E-state index in [0.29, 0.717) is 12.4 Å². The lowest BCUT2D eigenvalue weighted by Gasteiger charge is -2.15. The molecule has 26 heavy (non-hydrogen) atoms. The summed E-state index contributed by atoms with van der Waals surface area (Å²) in [7, 11) is 1.66. The van der Waals surface area contributed by atoms with Gasteiger partial charge in [0.25, 0.3) is 0 Å². The number of benzene rings is 1. The van der Waals surface area contributed by atoms with Gasteiger partial charge in [-0.25, -0.2) is 9.78 Å². The average Bonchev–Trinajstić information content (AvgIpc) is 3.29. The zero-order valence-corrected chi connectivity index (χ0v) is 14.0. The van der Waals surface area contributed by atoms with Crippen LogP contribution in [-0.4, -0.2) is 43.2 Å². The molecule has 130 valence electrons. The molecule has 0 radical (unpaired) electrons. The van der Waals surface area contributed by atoms with E-state index in [-0.39, 0.29) is 6.01 Å². The molecule has 1 aromatic carbocycles. The van der Waals surface area contributed by atoms with Gasteiger partial charge in [-0.2, -0.15) is 4.98 Å². The Morgan fingerprint density at radius 1 is 1.19 bits per heavy atom. The number of fused-ring (bicyclic) bond motifs is 1. The summed E-state index contributed by atoms with van der Waals surface area (Å²) in [4.78, 5) is 25.2. The highest BCUT2D eigenvalue weighted by atomic mass is 16.6. The summed E-state index contributed by atoms with van der Waals surface area (Å²) in [6, 6.07) is 13.4. The minimum atomic E-state index is -0.528. The Hall–Kier alpha value is -3.68. The summed E-state index contributed by atoms with van der Waals surface area (Å²) >= 11 is 0. The molecule has 0 saturated carbocycles. The highest BCUT2D eigenvalue weighted by Crippen LogP contribution is 2.25. The summed E-state index contributed by atoms with van der Waals surface area (Å²) in [5, 5.41) is 7.66. The van der Waals surface area contributed by atoms with Crippen molar-refractivity contribution in [3.8, 4) is 17.4 Å². The molecule has 2 N–H and O–H groups in total. The van der Waals surface area contributed by atoms with Crippen LogP contribution in [0.15, 0.2) is 54.9 Å². The summed E-state index contributed by atoms with van der Waals surface area (Å²) in [5.41, 5.74) is 2.56. The summed E-state index contributed by atoms with van der Waals surface area (Å²) < 4.78 is 5.25. The Bertz CT molecular complexity index is 1040. The molecule has 1 amide bonds. The zero-order chi connectivity index (χ0) is 17.9. The predicted octanol–water partition coefficient (Wildman–Crippen LogP) is 2.98. The summed E-state index contributed by atoms with van der Waals surface area (Å²) in [5.74, 6) is 0.498. The van der Waals surface area contributed by atoms with Crippen molar-refractivity contribution in [3.05, 3.63) is 60.4 Å². The van der Waals surface area contributed by atoms with E-state index >= 15 is 0 Å². The second-order valence-electron chi connectivity index (χ2n) is 5.78. The summed E-state index contributed by atoms with van der Waals surface area (Å²) in [6.07, 6.45) is 2.96. The molecule has 0 unspecified atom stereocenters. The quantitative estimate of drug-likeness (QED) is 0.590. The number of nitrogens with one attached hydrogen (secondary N) is 2. The molecule has 8 heteroatoms. The molecule has 3 aromatic heterocycles. The Morgan fingerprint density at radius 3 is 2.88 bits per heavy atom. The van der Waals surface area contributed by atoms with E-state index in [0.717, 1.165) is 22.2 Å². The fourth-order valence-corrected chi connectivity index (χ4v) is 2.64. The van der Waals surface area contributed by atoms with Gasteiger partial charge in [-0.3, -0.25) is 5.10 Å². The molecule has 0 saturated heterocycles. The number of ether oxygens (including phenoxy) is 1. The molecule has 0 aliphatic carbocycles. The molecule has 3 heterocycles. The maximum atomic E-state index is 12.2. The Balaban J connectivity index is 1.47. The topological polar surface area (TPSA) is 99.8 Å². The molecule has 0 atom stereocenters. The maximum absolute atomic E-state index is 12.2. The molecule has 0 spiro atoms. The normalized spacial score (nSPS) is 10.8. The lowest BCUT2D eigenvalue weighted by atomic mass is 10.2. The van der Waals surface area contributed by atoms with Crippen molar-refractivity contribution < 1.29 is 9.53 Å². The van der Waals surface area contributed by atoms with E-state index in [4.69, 9.17) is 4.74 Å². The fourth-order valence-electron chi connectivity index (χ4n) is 2.64. The van der Waals surface area contributed by atoms with Gasteiger partial charge in [-0.1, -0.05) is 30.3 Å². The number of pyridine rings is 1. The van der Waals surface area contributed by atoms with Gasteiger partial charge >= 0.3 is 12.1 Å². The number of aromatic amines is 2. The number of hydrogen-bond acceptors (Lipinski definition) is 5.